The van der Waals surface area contributed by atoms with Gasteiger partial charge in [0.05, 0.1) is 6.61 Å². The quantitative estimate of drug-likeness (QED) is 0.710. The average molecular weight is 437 g/mol. The highest BCUT2D eigenvalue weighted by Crippen LogP contribution is 2.37. The smallest absolute Gasteiger partial charge is 0.247 e. The maximum Gasteiger partial charge on any atom is 0.247 e. The number of sulfonamides is 1. The molecule has 3 atom stereocenters. The fraction of sp³-hybridized carbons (Fsp3) is 0.652. The third-order valence-corrected chi connectivity index (χ3v) is 8.20. The van der Waals surface area contributed by atoms with Gasteiger partial charge < -0.3 is 14.7 Å². The van der Waals surface area contributed by atoms with E-state index in [1.165, 1.54) is 9.88 Å². The SMILES string of the molecule is CCCN(C)C[C@H]1Oc2cc(C3=CCCC3)ccc2S(=O)(=O)N([C@@H](C)CO)C[C@H]1C. The lowest BCUT2D eigenvalue weighted by molar-refractivity contribution is 0.0752. The summed E-state index contributed by atoms with van der Waals surface area (Å²) in [6.07, 6.45) is 6.35. The lowest BCUT2D eigenvalue weighted by Gasteiger charge is -2.37. The number of ether oxygens (including phenoxy) is 1. The standard InChI is InChI=1S/C23H36N2O4S/c1-5-12-24(4)15-22-17(2)14-25(18(3)16-26)30(27,28)23-11-10-20(13-21(23)29-22)19-8-6-7-9-19/h8,10-11,13,17-18,22,26H,5-7,9,12,14-16H2,1-4H3/t17-,18+,22-/m1/s1. The lowest BCUT2D eigenvalue weighted by Crippen LogP contribution is -2.49. The zero-order chi connectivity index (χ0) is 21.9. The van der Waals surface area contributed by atoms with Gasteiger partial charge in [-0.15, -0.1) is 0 Å². The Morgan fingerprint density at radius 2 is 2.13 bits per heavy atom. The van der Waals surface area contributed by atoms with Crippen molar-refractivity contribution in [3.63, 3.8) is 0 Å². The molecule has 1 aromatic rings. The molecule has 0 radical (unpaired) electrons. The number of rotatable bonds is 7. The summed E-state index contributed by atoms with van der Waals surface area (Å²) >= 11 is 0. The van der Waals surface area contributed by atoms with Gasteiger partial charge in [-0.05, 0) is 69.5 Å². The van der Waals surface area contributed by atoms with Crippen LogP contribution in [0.3, 0.4) is 0 Å². The summed E-state index contributed by atoms with van der Waals surface area (Å²) in [6, 6.07) is 4.98. The van der Waals surface area contributed by atoms with Crippen molar-refractivity contribution < 1.29 is 18.3 Å². The second-order valence-corrected chi connectivity index (χ2v) is 10.6. The first-order valence-corrected chi connectivity index (χ1v) is 12.5. The molecular formula is C23H36N2O4S. The highest BCUT2D eigenvalue weighted by atomic mass is 32.2. The first-order chi connectivity index (χ1) is 14.3. The van der Waals surface area contributed by atoms with Gasteiger partial charge in [0.2, 0.25) is 10.0 Å². The van der Waals surface area contributed by atoms with Gasteiger partial charge >= 0.3 is 0 Å². The van der Waals surface area contributed by atoms with E-state index >= 15 is 0 Å². The normalized spacial score (nSPS) is 25.2. The molecule has 3 rings (SSSR count). The van der Waals surface area contributed by atoms with Crippen LogP contribution >= 0.6 is 0 Å². The largest absolute Gasteiger partial charge is 0.487 e. The maximum atomic E-state index is 13.5. The van der Waals surface area contributed by atoms with Crippen LogP contribution < -0.4 is 4.74 Å². The second kappa shape index (κ2) is 9.81. The number of benzene rings is 1. The average Bonchev–Trinajstić information content (AvgIpc) is 3.25. The van der Waals surface area contributed by atoms with Gasteiger partial charge in [-0.2, -0.15) is 4.31 Å². The van der Waals surface area contributed by atoms with Crippen molar-refractivity contribution in [1.82, 2.24) is 9.21 Å². The molecule has 0 bridgehead atoms. The van der Waals surface area contributed by atoms with Gasteiger partial charge in [-0.3, -0.25) is 0 Å². The monoisotopic (exact) mass is 436 g/mol. The molecule has 0 saturated heterocycles. The van der Waals surface area contributed by atoms with E-state index in [9.17, 15) is 13.5 Å². The molecule has 6 nitrogen and oxygen atoms in total. The number of aliphatic hydroxyl groups is 1. The van der Waals surface area contributed by atoms with Crippen molar-refractivity contribution in [2.45, 2.75) is 63.5 Å². The fourth-order valence-electron chi connectivity index (χ4n) is 4.36. The third kappa shape index (κ3) is 4.90. The summed E-state index contributed by atoms with van der Waals surface area (Å²) in [7, 11) is -1.70. The van der Waals surface area contributed by atoms with E-state index in [0.717, 1.165) is 44.3 Å². The summed E-state index contributed by atoms with van der Waals surface area (Å²) in [5.41, 5.74) is 2.30. The number of aliphatic hydroxyl groups excluding tert-OH is 1. The summed E-state index contributed by atoms with van der Waals surface area (Å²) in [4.78, 5) is 2.43. The number of allylic oxidation sites excluding steroid dienone is 2. The highest BCUT2D eigenvalue weighted by Gasteiger charge is 2.38. The van der Waals surface area contributed by atoms with Crippen LogP contribution in [0.2, 0.25) is 0 Å². The van der Waals surface area contributed by atoms with Crippen molar-refractivity contribution in [3.8, 4) is 5.75 Å². The molecule has 2 aliphatic rings. The van der Waals surface area contributed by atoms with Gasteiger partial charge in [0.15, 0.2) is 0 Å². The molecule has 7 heteroatoms. The molecule has 0 saturated carbocycles. The van der Waals surface area contributed by atoms with Gasteiger partial charge in [0.25, 0.3) is 0 Å². The van der Waals surface area contributed by atoms with Crippen molar-refractivity contribution in [2.75, 3.05) is 33.3 Å². The topological polar surface area (TPSA) is 70.1 Å². The molecule has 1 aliphatic heterocycles. The van der Waals surface area contributed by atoms with Crippen molar-refractivity contribution in [3.05, 3.63) is 29.8 Å². The summed E-state index contributed by atoms with van der Waals surface area (Å²) in [5.74, 6) is 0.410. The van der Waals surface area contributed by atoms with E-state index in [1.54, 1.807) is 13.0 Å². The van der Waals surface area contributed by atoms with E-state index < -0.39 is 16.1 Å². The van der Waals surface area contributed by atoms with Gasteiger partial charge in [-0.1, -0.05) is 26.0 Å². The van der Waals surface area contributed by atoms with E-state index in [2.05, 4.69) is 24.9 Å². The molecule has 1 aliphatic carbocycles. The Kier molecular flexibility index (Phi) is 7.61. The number of hydrogen-bond donors (Lipinski definition) is 1. The molecule has 168 valence electrons. The van der Waals surface area contributed by atoms with Crippen LogP contribution in [0.1, 0.15) is 52.0 Å². The first-order valence-electron chi connectivity index (χ1n) is 11.1. The van der Waals surface area contributed by atoms with E-state index in [0.29, 0.717) is 12.3 Å². The minimum atomic E-state index is -3.77. The zero-order valence-corrected chi connectivity index (χ0v) is 19.5. The molecular weight excluding hydrogens is 400 g/mol. The Labute approximate surface area is 181 Å². The molecule has 0 aromatic heterocycles. The number of likely N-dealkylation sites (N-methyl/N-ethyl adjacent to an activating group) is 1. The Morgan fingerprint density at radius 1 is 1.37 bits per heavy atom. The number of hydrogen-bond acceptors (Lipinski definition) is 5. The predicted octanol–water partition coefficient (Wildman–Crippen LogP) is 3.36. The summed E-state index contributed by atoms with van der Waals surface area (Å²) in [6.45, 7) is 7.72. The maximum absolute atomic E-state index is 13.5. The van der Waals surface area contributed by atoms with Crippen molar-refractivity contribution >= 4 is 15.6 Å². The third-order valence-electron chi connectivity index (χ3n) is 6.18. The number of nitrogens with zero attached hydrogens (tertiary/aromatic N) is 2. The minimum absolute atomic E-state index is 0.0180. The van der Waals surface area contributed by atoms with Crippen LogP contribution in [0, 0.1) is 5.92 Å². The molecule has 1 N–H and O–H groups in total. The Hall–Kier alpha value is -1.41. The van der Waals surface area contributed by atoms with Crippen LogP contribution in [0.4, 0.5) is 0 Å². The minimum Gasteiger partial charge on any atom is -0.487 e. The second-order valence-electron chi connectivity index (χ2n) is 8.79. The van der Waals surface area contributed by atoms with Gasteiger partial charge in [-0.25, -0.2) is 8.42 Å². The highest BCUT2D eigenvalue weighted by molar-refractivity contribution is 7.89. The van der Waals surface area contributed by atoms with Crippen LogP contribution in [-0.4, -0.2) is 68.2 Å². The van der Waals surface area contributed by atoms with Crippen LogP contribution in [0.25, 0.3) is 5.57 Å². The molecule has 1 heterocycles. The van der Waals surface area contributed by atoms with E-state index in [1.807, 2.05) is 19.1 Å². The zero-order valence-electron chi connectivity index (χ0n) is 18.7. The lowest BCUT2D eigenvalue weighted by atomic mass is 10.0. The van der Waals surface area contributed by atoms with Crippen molar-refractivity contribution in [2.24, 2.45) is 5.92 Å². The predicted molar refractivity (Wildman–Crippen MR) is 120 cm³/mol. The Morgan fingerprint density at radius 3 is 2.77 bits per heavy atom. The van der Waals surface area contributed by atoms with Gasteiger partial charge in [0.1, 0.15) is 16.7 Å². The molecule has 30 heavy (non-hydrogen) atoms. The molecule has 0 amide bonds. The first kappa shape index (κ1) is 23.3. The number of fused-ring (bicyclic) bond motifs is 1. The Balaban J connectivity index is 2.06. The molecule has 0 fully saturated rings. The molecule has 0 unspecified atom stereocenters. The van der Waals surface area contributed by atoms with Gasteiger partial charge in [0, 0.05) is 25.0 Å². The van der Waals surface area contributed by atoms with Crippen LogP contribution in [0.15, 0.2) is 29.2 Å². The fourth-order valence-corrected chi connectivity index (χ4v) is 6.18. The van der Waals surface area contributed by atoms with Crippen molar-refractivity contribution in [1.29, 1.82) is 0 Å². The van der Waals surface area contributed by atoms with Crippen LogP contribution in [-0.2, 0) is 10.0 Å². The van der Waals surface area contributed by atoms with Crippen LogP contribution in [0.5, 0.6) is 5.75 Å². The molecule has 1 aromatic carbocycles. The summed E-state index contributed by atoms with van der Waals surface area (Å²) in [5, 5.41) is 9.73. The Bertz CT molecular complexity index is 868. The van der Waals surface area contributed by atoms with E-state index in [4.69, 9.17) is 4.74 Å². The summed E-state index contributed by atoms with van der Waals surface area (Å²) < 4.78 is 34.9. The molecule has 0 spiro atoms. The van der Waals surface area contributed by atoms with E-state index in [-0.39, 0.29) is 23.5 Å².